The number of aliphatic hydroxyl groups excluding tert-OH is 1. The molecule has 15 heavy (non-hydrogen) atoms. The largest absolute Gasteiger partial charge is 0.392 e. The average molecular weight is 205 g/mol. The zero-order valence-electron chi connectivity index (χ0n) is 9.32. The molecular formula is C13H19NO. The smallest absolute Gasteiger partial charge is 0.0702 e. The molecule has 1 saturated carbocycles. The Kier molecular flexibility index (Phi) is 3.27. The molecule has 2 heteroatoms. The van der Waals surface area contributed by atoms with E-state index in [4.69, 9.17) is 0 Å². The SMILES string of the molecule is CN(CC1CCC1)c1ccccc1CO. The lowest BCUT2D eigenvalue weighted by Gasteiger charge is -2.32. The Morgan fingerprint density at radius 1 is 1.33 bits per heavy atom. The van der Waals surface area contributed by atoms with Gasteiger partial charge in [0, 0.05) is 24.8 Å². The fourth-order valence-electron chi connectivity index (χ4n) is 2.18. The number of hydrogen-bond acceptors (Lipinski definition) is 2. The number of benzene rings is 1. The minimum Gasteiger partial charge on any atom is -0.392 e. The third kappa shape index (κ3) is 2.32. The standard InChI is InChI=1S/C13H19NO/c1-14(9-11-5-4-6-11)13-8-3-2-7-12(13)10-15/h2-3,7-8,11,15H,4-6,9-10H2,1H3. The highest BCUT2D eigenvalue weighted by Crippen LogP contribution is 2.29. The van der Waals surface area contributed by atoms with E-state index in [2.05, 4.69) is 18.0 Å². The molecule has 0 atom stereocenters. The molecule has 0 radical (unpaired) electrons. The fourth-order valence-corrected chi connectivity index (χ4v) is 2.18. The lowest BCUT2D eigenvalue weighted by atomic mass is 9.85. The van der Waals surface area contributed by atoms with Crippen LogP contribution in [0.15, 0.2) is 24.3 Å². The monoisotopic (exact) mass is 205 g/mol. The number of rotatable bonds is 4. The topological polar surface area (TPSA) is 23.5 Å². The van der Waals surface area contributed by atoms with Gasteiger partial charge in [-0.25, -0.2) is 0 Å². The molecule has 82 valence electrons. The summed E-state index contributed by atoms with van der Waals surface area (Å²) < 4.78 is 0. The Morgan fingerprint density at radius 2 is 2.07 bits per heavy atom. The maximum absolute atomic E-state index is 9.25. The van der Waals surface area contributed by atoms with E-state index < -0.39 is 0 Å². The molecule has 1 aliphatic carbocycles. The van der Waals surface area contributed by atoms with Crippen LogP contribution in [0.4, 0.5) is 5.69 Å². The highest BCUT2D eigenvalue weighted by molar-refractivity contribution is 5.52. The molecule has 0 saturated heterocycles. The first-order valence-electron chi connectivity index (χ1n) is 5.71. The van der Waals surface area contributed by atoms with Gasteiger partial charge in [0.1, 0.15) is 0 Å². The van der Waals surface area contributed by atoms with Gasteiger partial charge < -0.3 is 10.0 Å². The molecule has 2 nitrogen and oxygen atoms in total. The van der Waals surface area contributed by atoms with Crippen LogP contribution in [0.25, 0.3) is 0 Å². The second-order valence-corrected chi connectivity index (χ2v) is 4.46. The first kappa shape index (κ1) is 10.5. The number of anilines is 1. The normalized spacial score (nSPS) is 16.1. The summed E-state index contributed by atoms with van der Waals surface area (Å²) in [7, 11) is 2.12. The van der Waals surface area contributed by atoms with Crippen LogP contribution in [-0.2, 0) is 6.61 Å². The first-order chi connectivity index (χ1) is 7.31. The van der Waals surface area contributed by atoms with E-state index >= 15 is 0 Å². The second kappa shape index (κ2) is 4.67. The highest BCUT2D eigenvalue weighted by Gasteiger charge is 2.19. The van der Waals surface area contributed by atoms with Crippen LogP contribution >= 0.6 is 0 Å². The van der Waals surface area contributed by atoms with Gasteiger partial charge in [0.05, 0.1) is 6.61 Å². The van der Waals surface area contributed by atoms with Crippen molar-refractivity contribution in [3.05, 3.63) is 29.8 Å². The molecule has 1 aliphatic rings. The van der Waals surface area contributed by atoms with Crippen LogP contribution in [0.1, 0.15) is 24.8 Å². The lowest BCUT2D eigenvalue weighted by Crippen LogP contribution is -2.29. The first-order valence-corrected chi connectivity index (χ1v) is 5.71. The Labute approximate surface area is 91.5 Å². The quantitative estimate of drug-likeness (QED) is 0.816. The van der Waals surface area contributed by atoms with Crippen LogP contribution in [-0.4, -0.2) is 18.7 Å². The summed E-state index contributed by atoms with van der Waals surface area (Å²) in [5.41, 5.74) is 2.20. The maximum Gasteiger partial charge on any atom is 0.0702 e. The van der Waals surface area contributed by atoms with Crippen molar-refractivity contribution in [2.24, 2.45) is 5.92 Å². The molecule has 0 bridgehead atoms. The van der Waals surface area contributed by atoms with Crippen LogP contribution in [0.5, 0.6) is 0 Å². The molecule has 2 rings (SSSR count). The zero-order valence-corrected chi connectivity index (χ0v) is 9.32. The van der Waals surface area contributed by atoms with Gasteiger partial charge in [0.25, 0.3) is 0 Å². The predicted octanol–water partition coefficient (Wildman–Crippen LogP) is 2.42. The number of para-hydroxylation sites is 1. The lowest BCUT2D eigenvalue weighted by molar-refractivity contribution is 0.281. The predicted molar refractivity (Wildman–Crippen MR) is 63.0 cm³/mol. The Bertz CT molecular complexity index is 320. The summed E-state index contributed by atoms with van der Waals surface area (Å²) in [4.78, 5) is 2.27. The molecule has 1 N–H and O–H groups in total. The van der Waals surface area contributed by atoms with Gasteiger partial charge in [-0.3, -0.25) is 0 Å². The van der Waals surface area contributed by atoms with Crippen molar-refractivity contribution in [2.75, 3.05) is 18.5 Å². The molecule has 0 unspecified atom stereocenters. The number of hydrogen-bond donors (Lipinski definition) is 1. The molecule has 1 aromatic carbocycles. The summed E-state index contributed by atoms with van der Waals surface area (Å²) >= 11 is 0. The summed E-state index contributed by atoms with van der Waals surface area (Å²) in [6, 6.07) is 8.09. The van der Waals surface area contributed by atoms with Crippen molar-refractivity contribution >= 4 is 5.69 Å². The number of nitrogens with zero attached hydrogens (tertiary/aromatic N) is 1. The Balaban J connectivity index is 2.05. The molecular weight excluding hydrogens is 186 g/mol. The Hall–Kier alpha value is -1.02. The van der Waals surface area contributed by atoms with Gasteiger partial charge in [-0.2, -0.15) is 0 Å². The van der Waals surface area contributed by atoms with Crippen LogP contribution in [0.2, 0.25) is 0 Å². The third-order valence-electron chi connectivity index (χ3n) is 3.33. The van der Waals surface area contributed by atoms with E-state index in [0.29, 0.717) is 0 Å². The van der Waals surface area contributed by atoms with Crippen LogP contribution < -0.4 is 4.90 Å². The molecule has 0 aromatic heterocycles. The summed E-state index contributed by atoms with van der Waals surface area (Å²) in [6.45, 7) is 1.25. The van der Waals surface area contributed by atoms with E-state index in [1.165, 1.54) is 24.9 Å². The van der Waals surface area contributed by atoms with E-state index in [-0.39, 0.29) is 6.61 Å². The van der Waals surface area contributed by atoms with E-state index in [0.717, 1.165) is 18.0 Å². The highest BCUT2D eigenvalue weighted by atomic mass is 16.3. The molecule has 1 fully saturated rings. The van der Waals surface area contributed by atoms with Gasteiger partial charge in [0.15, 0.2) is 0 Å². The van der Waals surface area contributed by atoms with Gasteiger partial charge in [-0.1, -0.05) is 24.6 Å². The van der Waals surface area contributed by atoms with E-state index in [9.17, 15) is 5.11 Å². The van der Waals surface area contributed by atoms with Crippen molar-refractivity contribution in [3.8, 4) is 0 Å². The summed E-state index contributed by atoms with van der Waals surface area (Å²) in [5, 5.41) is 9.25. The molecule has 0 aliphatic heterocycles. The van der Waals surface area contributed by atoms with Crippen molar-refractivity contribution in [1.82, 2.24) is 0 Å². The van der Waals surface area contributed by atoms with Gasteiger partial charge >= 0.3 is 0 Å². The third-order valence-corrected chi connectivity index (χ3v) is 3.33. The van der Waals surface area contributed by atoms with Crippen LogP contribution in [0, 0.1) is 5.92 Å². The van der Waals surface area contributed by atoms with Crippen molar-refractivity contribution < 1.29 is 5.11 Å². The minimum absolute atomic E-state index is 0.130. The Morgan fingerprint density at radius 3 is 2.67 bits per heavy atom. The van der Waals surface area contributed by atoms with Gasteiger partial charge in [-0.05, 0) is 24.8 Å². The molecule has 0 heterocycles. The molecule has 0 amide bonds. The van der Waals surface area contributed by atoms with Crippen LogP contribution in [0.3, 0.4) is 0 Å². The van der Waals surface area contributed by atoms with Crippen molar-refractivity contribution in [1.29, 1.82) is 0 Å². The number of aliphatic hydroxyl groups is 1. The maximum atomic E-state index is 9.25. The van der Waals surface area contributed by atoms with Gasteiger partial charge in [-0.15, -0.1) is 0 Å². The summed E-state index contributed by atoms with van der Waals surface area (Å²) in [6.07, 6.45) is 4.12. The molecule has 1 aromatic rings. The summed E-state index contributed by atoms with van der Waals surface area (Å²) in [5.74, 6) is 0.863. The van der Waals surface area contributed by atoms with Crippen molar-refractivity contribution in [2.45, 2.75) is 25.9 Å². The van der Waals surface area contributed by atoms with Crippen molar-refractivity contribution in [3.63, 3.8) is 0 Å². The fraction of sp³-hybridized carbons (Fsp3) is 0.538. The van der Waals surface area contributed by atoms with Gasteiger partial charge in [0.2, 0.25) is 0 Å². The van der Waals surface area contributed by atoms with E-state index in [1.54, 1.807) is 0 Å². The van der Waals surface area contributed by atoms with E-state index in [1.807, 2.05) is 18.2 Å². The minimum atomic E-state index is 0.130. The molecule has 0 spiro atoms. The zero-order chi connectivity index (χ0) is 10.7. The average Bonchev–Trinajstić information content (AvgIpc) is 2.23. The second-order valence-electron chi connectivity index (χ2n) is 4.46.